The van der Waals surface area contributed by atoms with E-state index in [4.69, 9.17) is 9.47 Å². The fourth-order valence-electron chi connectivity index (χ4n) is 3.06. The Morgan fingerprint density at radius 2 is 2.27 bits per heavy atom. The van der Waals surface area contributed by atoms with E-state index in [1.54, 1.807) is 7.11 Å². The van der Waals surface area contributed by atoms with Gasteiger partial charge >= 0.3 is 0 Å². The number of hydrogen-bond acceptors (Lipinski definition) is 3. The third-order valence-electron chi connectivity index (χ3n) is 4.26. The van der Waals surface area contributed by atoms with Crippen molar-refractivity contribution >= 4 is 5.91 Å². The molecule has 1 amide bonds. The Labute approximate surface area is 133 Å². The van der Waals surface area contributed by atoms with Crippen molar-refractivity contribution in [1.82, 2.24) is 4.90 Å². The van der Waals surface area contributed by atoms with Crippen molar-refractivity contribution in [3.05, 3.63) is 29.8 Å². The smallest absolute Gasteiger partial charge is 0.225 e. The summed E-state index contributed by atoms with van der Waals surface area (Å²) >= 11 is 0. The van der Waals surface area contributed by atoms with Gasteiger partial charge in [-0.25, -0.2) is 0 Å². The van der Waals surface area contributed by atoms with Crippen LogP contribution in [0.15, 0.2) is 24.3 Å². The van der Waals surface area contributed by atoms with Gasteiger partial charge in [-0.2, -0.15) is 0 Å². The summed E-state index contributed by atoms with van der Waals surface area (Å²) in [6, 6.07) is 7.88. The predicted molar refractivity (Wildman–Crippen MR) is 86.8 cm³/mol. The number of carbonyl (C=O) groups is 1. The predicted octanol–water partition coefficient (Wildman–Crippen LogP) is 3.25. The molecule has 1 saturated heterocycles. The number of rotatable bonds is 6. The Hall–Kier alpha value is -1.55. The van der Waals surface area contributed by atoms with Crippen molar-refractivity contribution in [2.45, 2.75) is 45.3 Å². The van der Waals surface area contributed by atoms with Gasteiger partial charge in [-0.3, -0.25) is 4.79 Å². The zero-order chi connectivity index (χ0) is 15.9. The highest BCUT2D eigenvalue weighted by molar-refractivity contribution is 5.78. The molecule has 1 heterocycles. The first-order valence-electron chi connectivity index (χ1n) is 8.13. The number of carbonyl (C=O) groups excluding carboxylic acids is 1. The average molecular weight is 305 g/mol. The molecule has 4 nitrogen and oxygen atoms in total. The summed E-state index contributed by atoms with van der Waals surface area (Å²) in [5, 5.41) is 0. The van der Waals surface area contributed by atoms with E-state index in [9.17, 15) is 4.79 Å². The number of methoxy groups -OCH3 is 1. The van der Waals surface area contributed by atoms with Crippen molar-refractivity contribution in [1.29, 1.82) is 0 Å². The second-order valence-corrected chi connectivity index (χ2v) is 6.05. The molecule has 0 saturated carbocycles. The summed E-state index contributed by atoms with van der Waals surface area (Å²) in [6.45, 7) is 3.48. The van der Waals surface area contributed by atoms with Gasteiger partial charge in [0.05, 0.1) is 13.2 Å². The first-order valence-corrected chi connectivity index (χ1v) is 8.13. The number of hydrogen-bond donors (Lipinski definition) is 0. The summed E-state index contributed by atoms with van der Waals surface area (Å²) in [4.78, 5) is 14.5. The van der Waals surface area contributed by atoms with Crippen molar-refractivity contribution in [2.75, 3.05) is 20.8 Å². The van der Waals surface area contributed by atoms with E-state index < -0.39 is 0 Å². The second-order valence-electron chi connectivity index (χ2n) is 6.05. The Kier molecular flexibility index (Phi) is 6.25. The highest BCUT2D eigenvalue weighted by atomic mass is 16.5. The van der Waals surface area contributed by atoms with Crippen molar-refractivity contribution in [2.24, 2.45) is 5.92 Å². The molecule has 1 fully saturated rings. The molecule has 0 bridgehead atoms. The lowest BCUT2D eigenvalue weighted by molar-refractivity contribution is -0.140. The molecule has 0 radical (unpaired) electrons. The standard InChI is InChI=1S/C18H27NO3/c1-4-6-17-12-15(9-10-22-17)18(20)19(2)13-14-7-5-8-16(11-14)21-3/h5,7-8,11,15,17H,4,6,9-10,12-13H2,1-3H3/t15-,17+/m1/s1. The Bertz CT molecular complexity index is 487. The maximum atomic E-state index is 12.6. The molecule has 0 aromatic heterocycles. The molecule has 0 unspecified atom stereocenters. The minimum atomic E-state index is 0.0981. The molecule has 1 aromatic carbocycles. The van der Waals surface area contributed by atoms with E-state index in [2.05, 4.69) is 6.92 Å². The lowest BCUT2D eigenvalue weighted by Gasteiger charge is -2.31. The maximum Gasteiger partial charge on any atom is 0.225 e. The van der Waals surface area contributed by atoms with Crippen LogP contribution in [0.5, 0.6) is 5.75 Å². The van der Waals surface area contributed by atoms with Crippen LogP contribution in [0, 0.1) is 5.92 Å². The summed E-state index contributed by atoms with van der Waals surface area (Å²) in [7, 11) is 3.54. The molecule has 0 aliphatic carbocycles. The van der Waals surface area contributed by atoms with Gasteiger partial charge in [0.25, 0.3) is 0 Å². The third kappa shape index (κ3) is 4.47. The highest BCUT2D eigenvalue weighted by Crippen LogP contribution is 2.25. The largest absolute Gasteiger partial charge is 0.497 e. The average Bonchev–Trinajstić information content (AvgIpc) is 2.55. The fourth-order valence-corrected chi connectivity index (χ4v) is 3.06. The summed E-state index contributed by atoms with van der Waals surface area (Å²) in [6.07, 6.45) is 4.09. The minimum absolute atomic E-state index is 0.0981. The van der Waals surface area contributed by atoms with E-state index in [0.29, 0.717) is 13.2 Å². The van der Waals surface area contributed by atoms with E-state index in [0.717, 1.165) is 37.0 Å². The number of nitrogens with zero attached hydrogens (tertiary/aromatic N) is 1. The van der Waals surface area contributed by atoms with Gasteiger partial charge < -0.3 is 14.4 Å². The number of ether oxygens (including phenoxy) is 2. The molecule has 1 aliphatic rings. The molecular formula is C18H27NO3. The number of amides is 1. The monoisotopic (exact) mass is 305 g/mol. The van der Waals surface area contributed by atoms with Crippen molar-refractivity contribution in [3.63, 3.8) is 0 Å². The van der Waals surface area contributed by atoms with Crippen molar-refractivity contribution in [3.8, 4) is 5.75 Å². The van der Waals surface area contributed by atoms with Crippen LogP contribution < -0.4 is 4.74 Å². The van der Waals surface area contributed by atoms with Crippen LogP contribution in [0.1, 0.15) is 38.2 Å². The molecule has 1 aromatic rings. The number of benzene rings is 1. The van der Waals surface area contributed by atoms with E-state index in [1.165, 1.54) is 0 Å². The second kappa shape index (κ2) is 8.18. The Morgan fingerprint density at radius 1 is 1.45 bits per heavy atom. The quantitative estimate of drug-likeness (QED) is 0.810. The lowest BCUT2D eigenvalue weighted by Crippen LogP contribution is -2.38. The van der Waals surface area contributed by atoms with Gasteiger partial charge in [0.1, 0.15) is 5.75 Å². The zero-order valence-corrected chi connectivity index (χ0v) is 13.9. The van der Waals surface area contributed by atoms with Crippen molar-refractivity contribution < 1.29 is 14.3 Å². The van der Waals surface area contributed by atoms with Crippen LogP contribution in [0.3, 0.4) is 0 Å². The summed E-state index contributed by atoms with van der Waals surface area (Å²) in [5.74, 6) is 1.15. The van der Waals surface area contributed by atoms with Gasteiger partial charge in [0, 0.05) is 26.1 Å². The first kappa shape index (κ1) is 16.8. The molecule has 2 rings (SSSR count). The van der Waals surface area contributed by atoms with Crippen LogP contribution in [0.2, 0.25) is 0 Å². The molecule has 0 N–H and O–H groups in total. The van der Waals surface area contributed by atoms with E-state index in [-0.39, 0.29) is 17.9 Å². The van der Waals surface area contributed by atoms with Crippen LogP contribution in [0.4, 0.5) is 0 Å². The van der Waals surface area contributed by atoms with Gasteiger partial charge in [0.2, 0.25) is 5.91 Å². The first-order chi connectivity index (χ1) is 10.6. The molecular weight excluding hydrogens is 278 g/mol. The Morgan fingerprint density at radius 3 is 3.00 bits per heavy atom. The zero-order valence-electron chi connectivity index (χ0n) is 13.9. The molecule has 0 spiro atoms. The normalized spacial score (nSPS) is 21.4. The maximum absolute atomic E-state index is 12.6. The SMILES string of the molecule is CCC[C@H]1C[C@H](C(=O)N(C)Cc2cccc(OC)c2)CCO1. The van der Waals surface area contributed by atoms with E-state index in [1.807, 2.05) is 36.2 Å². The Balaban J connectivity index is 1.93. The molecule has 2 atom stereocenters. The van der Waals surface area contributed by atoms with Gasteiger partial charge in [-0.1, -0.05) is 25.5 Å². The minimum Gasteiger partial charge on any atom is -0.497 e. The van der Waals surface area contributed by atoms with Gasteiger partial charge in [0.15, 0.2) is 0 Å². The van der Waals surface area contributed by atoms with Crippen LogP contribution >= 0.6 is 0 Å². The van der Waals surface area contributed by atoms with Crippen LogP contribution in [-0.4, -0.2) is 37.7 Å². The molecule has 1 aliphatic heterocycles. The lowest BCUT2D eigenvalue weighted by atomic mass is 9.92. The summed E-state index contributed by atoms with van der Waals surface area (Å²) < 4.78 is 11.0. The highest BCUT2D eigenvalue weighted by Gasteiger charge is 2.29. The third-order valence-corrected chi connectivity index (χ3v) is 4.26. The summed E-state index contributed by atoms with van der Waals surface area (Å²) in [5.41, 5.74) is 1.09. The fraction of sp³-hybridized carbons (Fsp3) is 0.611. The molecule has 4 heteroatoms. The van der Waals surface area contributed by atoms with Crippen LogP contribution in [0.25, 0.3) is 0 Å². The van der Waals surface area contributed by atoms with Crippen LogP contribution in [-0.2, 0) is 16.1 Å². The topological polar surface area (TPSA) is 38.8 Å². The van der Waals surface area contributed by atoms with E-state index >= 15 is 0 Å². The van der Waals surface area contributed by atoms with Gasteiger partial charge in [-0.05, 0) is 37.0 Å². The van der Waals surface area contributed by atoms with Gasteiger partial charge in [-0.15, -0.1) is 0 Å². The molecule has 22 heavy (non-hydrogen) atoms. The molecule has 122 valence electrons.